The fourth-order valence-electron chi connectivity index (χ4n) is 3.68. The number of benzene rings is 2. The Balaban J connectivity index is 1.50. The molecule has 1 fully saturated rings. The number of hydrogen-bond acceptors (Lipinski definition) is 6. The van der Waals surface area contributed by atoms with E-state index in [1.54, 1.807) is 39.5 Å². The Morgan fingerprint density at radius 2 is 1.68 bits per heavy atom. The minimum atomic E-state index is -0.393. The summed E-state index contributed by atoms with van der Waals surface area (Å²) in [4.78, 5) is 28.1. The van der Waals surface area contributed by atoms with Gasteiger partial charge in [0.05, 0.1) is 17.9 Å². The van der Waals surface area contributed by atoms with Crippen molar-refractivity contribution in [3.05, 3.63) is 59.9 Å². The molecule has 0 N–H and O–H groups in total. The van der Waals surface area contributed by atoms with Gasteiger partial charge in [0.15, 0.2) is 11.0 Å². The molecule has 10 heteroatoms. The number of halogens is 1. The Morgan fingerprint density at radius 3 is 2.35 bits per heavy atom. The predicted molar refractivity (Wildman–Crippen MR) is 127 cm³/mol. The van der Waals surface area contributed by atoms with Crippen LogP contribution < -0.4 is 0 Å². The number of ether oxygens (including phenoxy) is 1. The van der Waals surface area contributed by atoms with Crippen molar-refractivity contribution in [2.24, 2.45) is 0 Å². The van der Waals surface area contributed by atoms with Crippen molar-refractivity contribution in [3.63, 3.8) is 0 Å². The Morgan fingerprint density at radius 1 is 1.00 bits per heavy atom. The number of carbonyl (C=O) groups is 2. The lowest BCUT2D eigenvalue weighted by Crippen LogP contribution is -2.51. The minimum absolute atomic E-state index is 0.0561. The maximum atomic E-state index is 14.6. The highest BCUT2D eigenvalue weighted by molar-refractivity contribution is 7.99. The van der Waals surface area contributed by atoms with Crippen molar-refractivity contribution in [3.8, 4) is 17.1 Å². The number of hydrogen-bond donors (Lipinski definition) is 0. The molecule has 4 rings (SSSR count). The van der Waals surface area contributed by atoms with Crippen LogP contribution in [0.1, 0.15) is 12.5 Å². The van der Waals surface area contributed by atoms with E-state index < -0.39 is 5.82 Å². The monoisotopic (exact) mass is 483 g/mol. The molecule has 1 aromatic heterocycles. The quantitative estimate of drug-likeness (QED) is 0.497. The number of aryl methyl sites for hydroxylation is 1. The molecule has 0 saturated carbocycles. The van der Waals surface area contributed by atoms with Crippen LogP contribution in [0.15, 0.2) is 53.7 Å². The van der Waals surface area contributed by atoms with Gasteiger partial charge in [-0.2, -0.15) is 0 Å². The Labute approximate surface area is 201 Å². The minimum Gasteiger partial charge on any atom is -0.450 e. The zero-order chi connectivity index (χ0) is 24.1. The third kappa shape index (κ3) is 5.22. The fraction of sp³-hybridized carbons (Fsp3) is 0.333. The van der Waals surface area contributed by atoms with E-state index in [1.165, 1.54) is 17.8 Å². The zero-order valence-electron chi connectivity index (χ0n) is 19.1. The van der Waals surface area contributed by atoms with E-state index in [2.05, 4.69) is 10.2 Å². The van der Waals surface area contributed by atoms with E-state index in [1.807, 2.05) is 31.2 Å². The summed E-state index contributed by atoms with van der Waals surface area (Å²) in [6.45, 7) is 5.85. The van der Waals surface area contributed by atoms with E-state index >= 15 is 0 Å². The molecule has 1 aliphatic rings. The largest absolute Gasteiger partial charge is 0.450 e. The number of aromatic nitrogens is 3. The first kappa shape index (κ1) is 23.7. The average Bonchev–Trinajstić information content (AvgIpc) is 3.27. The van der Waals surface area contributed by atoms with E-state index in [0.717, 1.165) is 11.3 Å². The van der Waals surface area contributed by atoms with Gasteiger partial charge in [0.1, 0.15) is 5.82 Å². The highest BCUT2D eigenvalue weighted by Crippen LogP contribution is 2.29. The van der Waals surface area contributed by atoms with Crippen molar-refractivity contribution in [1.29, 1.82) is 0 Å². The molecule has 34 heavy (non-hydrogen) atoms. The van der Waals surface area contributed by atoms with Gasteiger partial charge in [-0.3, -0.25) is 9.36 Å². The van der Waals surface area contributed by atoms with Gasteiger partial charge in [-0.05, 0) is 38.1 Å². The average molecular weight is 484 g/mol. The summed E-state index contributed by atoms with van der Waals surface area (Å²) >= 11 is 1.25. The maximum Gasteiger partial charge on any atom is 0.409 e. The summed E-state index contributed by atoms with van der Waals surface area (Å²) < 4.78 is 21.4. The van der Waals surface area contributed by atoms with Crippen molar-refractivity contribution >= 4 is 23.8 Å². The second-order valence-corrected chi connectivity index (χ2v) is 8.75. The molecule has 2 aromatic carbocycles. The summed E-state index contributed by atoms with van der Waals surface area (Å²) in [5, 5.41) is 9.03. The number of thioether (sulfide) groups is 1. The van der Waals surface area contributed by atoms with Gasteiger partial charge in [0.25, 0.3) is 0 Å². The number of carbonyl (C=O) groups excluding carboxylic acids is 2. The number of nitrogens with zero attached hydrogens (tertiary/aromatic N) is 5. The normalized spacial score (nSPS) is 13.7. The SMILES string of the molecule is CCOC(=O)N1CCN(C(=O)CSc2nnc(-c3ccccc3F)n2-c2ccc(C)cc2)CC1. The summed E-state index contributed by atoms with van der Waals surface area (Å²) in [6.07, 6.45) is -0.351. The van der Waals surface area contributed by atoms with Gasteiger partial charge < -0.3 is 14.5 Å². The lowest BCUT2D eigenvalue weighted by atomic mass is 10.2. The summed E-state index contributed by atoms with van der Waals surface area (Å²) in [7, 11) is 0. The van der Waals surface area contributed by atoms with Crippen molar-refractivity contribution in [1.82, 2.24) is 24.6 Å². The van der Waals surface area contributed by atoms with Crippen LogP contribution in [0.4, 0.5) is 9.18 Å². The van der Waals surface area contributed by atoms with Gasteiger partial charge >= 0.3 is 6.09 Å². The van der Waals surface area contributed by atoms with Crippen LogP contribution in [0, 0.1) is 12.7 Å². The molecular weight excluding hydrogens is 457 g/mol. The lowest BCUT2D eigenvalue weighted by Gasteiger charge is -2.34. The number of amides is 2. The number of rotatable bonds is 6. The predicted octanol–water partition coefficient (Wildman–Crippen LogP) is 3.77. The first-order valence-electron chi connectivity index (χ1n) is 11.1. The molecule has 0 bridgehead atoms. The first-order valence-corrected chi connectivity index (χ1v) is 12.1. The Bertz CT molecular complexity index is 1160. The molecule has 0 spiro atoms. The molecule has 2 amide bonds. The molecule has 0 unspecified atom stereocenters. The van der Waals surface area contributed by atoms with E-state index in [0.29, 0.717) is 49.3 Å². The lowest BCUT2D eigenvalue weighted by molar-refractivity contribution is -0.129. The smallest absolute Gasteiger partial charge is 0.409 e. The fourth-order valence-corrected chi connectivity index (χ4v) is 4.53. The van der Waals surface area contributed by atoms with Crippen LogP contribution in [0.2, 0.25) is 0 Å². The molecule has 1 aliphatic heterocycles. The molecular formula is C24H26FN5O3S. The topological polar surface area (TPSA) is 80.6 Å². The third-order valence-electron chi connectivity index (χ3n) is 5.52. The van der Waals surface area contributed by atoms with Gasteiger partial charge in [0.2, 0.25) is 5.91 Å². The Kier molecular flexibility index (Phi) is 7.46. The van der Waals surface area contributed by atoms with E-state index in [9.17, 15) is 14.0 Å². The maximum absolute atomic E-state index is 14.6. The molecule has 8 nitrogen and oxygen atoms in total. The third-order valence-corrected chi connectivity index (χ3v) is 6.44. The molecule has 2 heterocycles. The summed E-state index contributed by atoms with van der Waals surface area (Å²) in [5.41, 5.74) is 2.21. The van der Waals surface area contributed by atoms with Gasteiger partial charge in [-0.25, -0.2) is 9.18 Å². The van der Waals surface area contributed by atoms with Crippen LogP contribution in [0.5, 0.6) is 0 Å². The van der Waals surface area contributed by atoms with Gasteiger partial charge in [-0.15, -0.1) is 10.2 Å². The van der Waals surface area contributed by atoms with Gasteiger partial charge in [-0.1, -0.05) is 41.6 Å². The molecule has 178 valence electrons. The van der Waals surface area contributed by atoms with Crippen molar-refractivity contribution in [2.75, 3.05) is 38.5 Å². The van der Waals surface area contributed by atoms with Gasteiger partial charge in [0, 0.05) is 31.9 Å². The van der Waals surface area contributed by atoms with Crippen LogP contribution in [-0.4, -0.2) is 75.1 Å². The van der Waals surface area contributed by atoms with Crippen LogP contribution >= 0.6 is 11.8 Å². The molecule has 1 saturated heterocycles. The van der Waals surface area contributed by atoms with Crippen LogP contribution in [0.25, 0.3) is 17.1 Å². The first-order chi connectivity index (χ1) is 16.5. The second kappa shape index (κ2) is 10.7. The molecule has 0 aliphatic carbocycles. The molecule has 0 atom stereocenters. The van der Waals surface area contributed by atoms with Crippen molar-refractivity contribution in [2.45, 2.75) is 19.0 Å². The number of piperazine rings is 1. The summed E-state index contributed by atoms with van der Waals surface area (Å²) in [5.74, 6) is 0.0791. The zero-order valence-corrected chi connectivity index (χ0v) is 19.9. The van der Waals surface area contributed by atoms with E-state index in [-0.39, 0.29) is 17.8 Å². The molecule has 0 radical (unpaired) electrons. The Hall–Kier alpha value is -3.40. The second-order valence-electron chi connectivity index (χ2n) is 7.81. The molecule has 3 aromatic rings. The van der Waals surface area contributed by atoms with Crippen LogP contribution in [0.3, 0.4) is 0 Å². The van der Waals surface area contributed by atoms with Crippen molar-refractivity contribution < 1.29 is 18.7 Å². The highest BCUT2D eigenvalue weighted by atomic mass is 32.2. The standard InChI is InChI=1S/C24H26FN5O3S/c1-3-33-24(32)29-14-12-28(13-15-29)21(31)16-34-23-27-26-22(19-6-4-5-7-20(19)25)30(23)18-10-8-17(2)9-11-18/h4-11H,3,12-16H2,1-2H3. The van der Waals surface area contributed by atoms with Crippen LogP contribution in [-0.2, 0) is 9.53 Å². The summed E-state index contributed by atoms with van der Waals surface area (Å²) in [6, 6.07) is 14.2. The van der Waals surface area contributed by atoms with E-state index in [4.69, 9.17) is 4.74 Å². The highest BCUT2D eigenvalue weighted by Gasteiger charge is 2.26.